The van der Waals surface area contributed by atoms with Crippen LogP contribution in [-0.4, -0.2) is 4.40 Å². The van der Waals surface area contributed by atoms with Crippen LogP contribution < -0.4 is 4.90 Å². The molecule has 2 nitrogen and oxygen atoms in total. The van der Waals surface area contributed by atoms with Crippen molar-refractivity contribution in [2.24, 2.45) is 0 Å². The van der Waals surface area contributed by atoms with Crippen LogP contribution in [0.1, 0.15) is 0 Å². The highest BCUT2D eigenvalue weighted by molar-refractivity contribution is 6.30. The first-order valence-electron chi connectivity index (χ1n) is 19.9. The zero-order chi connectivity index (χ0) is 38.4. The molecule has 0 aliphatic carbocycles. The largest absolute Gasteiger partial charge is 0.315 e. The quantitative estimate of drug-likeness (QED) is 0.148. The zero-order valence-corrected chi connectivity index (χ0v) is 31.8. The van der Waals surface area contributed by atoms with Crippen LogP contribution in [0.5, 0.6) is 0 Å². The molecule has 0 spiro atoms. The van der Waals surface area contributed by atoms with Crippen LogP contribution in [0.3, 0.4) is 0 Å². The molecule has 2 aromatic heterocycles. The number of rotatable bonds is 7. The lowest BCUT2D eigenvalue weighted by Crippen LogP contribution is -2.09. The number of aromatic nitrogens is 1. The zero-order valence-electron chi connectivity index (χ0n) is 31.8. The lowest BCUT2D eigenvalue weighted by molar-refractivity contribution is 1.26. The van der Waals surface area contributed by atoms with Crippen LogP contribution >= 0.6 is 0 Å². The van der Waals surface area contributed by atoms with Crippen molar-refractivity contribution >= 4 is 55.0 Å². The predicted octanol–water partition coefficient (Wildman–Crippen LogP) is 15.5. The summed E-state index contributed by atoms with van der Waals surface area (Å²) in [6.45, 7) is 0. The topological polar surface area (TPSA) is 7.65 Å². The van der Waals surface area contributed by atoms with Gasteiger partial charge in [-0.3, -0.25) is 0 Å². The molecule has 58 heavy (non-hydrogen) atoms. The third-order valence-electron chi connectivity index (χ3n) is 11.6. The fourth-order valence-electron chi connectivity index (χ4n) is 8.84. The van der Waals surface area contributed by atoms with Gasteiger partial charge in [0.15, 0.2) is 0 Å². The Morgan fingerprint density at radius 2 is 0.672 bits per heavy atom. The third-order valence-corrected chi connectivity index (χ3v) is 11.6. The van der Waals surface area contributed by atoms with E-state index in [1.165, 1.54) is 82.5 Å². The van der Waals surface area contributed by atoms with Gasteiger partial charge >= 0.3 is 0 Å². The molecule has 0 fully saturated rings. The van der Waals surface area contributed by atoms with Gasteiger partial charge in [-0.1, -0.05) is 176 Å². The van der Waals surface area contributed by atoms with Gasteiger partial charge < -0.3 is 9.30 Å². The van der Waals surface area contributed by atoms with E-state index in [0.29, 0.717) is 0 Å². The molecule has 0 aliphatic rings. The Kier molecular flexibility index (Phi) is 8.19. The van der Waals surface area contributed by atoms with Crippen molar-refractivity contribution in [3.63, 3.8) is 0 Å². The standard InChI is InChI=1S/C56H38N2/c1-4-14-39(15-5-1)41-24-30-46(31-25-41)58(47-32-26-42(27-33-47)40-16-6-2-7-17-40)48-34-28-43(29-35-48)45-36-37-57-53(38-45)54(44-18-8-3-9-19-44)55-51-22-12-10-20-49(51)50-21-11-13-23-52(50)56(55)57/h1-38H. The number of fused-ring (bicyclic) bond motifs is 8. The summed E-state index contributed by atoms with van der Waals surface area (Å²) in [6, 6.07) is 81.2. The molecule has 0 N–H and O–H groups in total. The molecular weight excluding hydrogens is 701 g/mol. The van der Waals surface area contributed by atoms with Crippen molar-refractivity contribution in [3.05, 3.63) is 231 Å². The van der Waals surface area contributed by atoms with Crippen molar-refractivity contribution < 1.29 is 0 Å². The van der Waals surface area contributed by atoms with Crippen LogP contribution in [0.2, 0.25) is 0 Å². The van der Waals surface area contributed by atoms with Crippen molar-refractivity contribution in [3.8, 4) is 44.5 Å². The van der Waals surface area contributed by atoms with Crippen molar-refractivity contribution in [2.45, 2.75) is 0 Å². The van der Waals surface area contributed by atoms with Gasteiger partial charge in [0.2, 0.25) is 0 Å². The Bertz CT molecular complexity index is 3140. The van der Waals surface area contributed by atoms with E-state index in [2.05, 4.69) is 240 Å². The Balaban J connectivity index is 1.04. The number of pyridine rings is 1. The molecule has 11 rings (SSSR count). The maximum absolute atomic E-state index is 2.41. The SMILES string of the molecule is c1ccc(-c2ccc(N(c3ccc(-c4ccccc4)cc3)c3ccc(-c4ccn5c(c4)c(-c4ccccc4)c4c6ccccc6c6ccccc6c45)cc3)cc2)cc1. The number of anilines is 3. The predicted molar refractivity (Wildman–Crippen MR) is 246 cm³/mol. The second kappa shape index (κ2) is 14.1. The first-order valence-corrected chi connectivity index (χ1v) is 19.9. The van der Waals surface area contributed by atoms with Crippen LogP contribution in [0, 0.1) is 0 Å². The Morgan fingerprint density at radius 1 is 0.293 bits per heavy atom. The third kappa shape index (κ3) is 5.74. The molecule has 2 heteroatoms. The maximum Gasteiger partial charge on any atom is 0.0620 e. The molecule has 0 amide bonds. The first-order chi connectivity index (χ1) is 28.8. The van der Waals surface area contributed by atoms with Crippen molar-refractivity contribution in [2.75, 3.05) is 4.90 Å². The summed E-state index contributed by atoms with van der Waals surface area (Å²) < 4.78 is 2.41. The fourth-order valence-corrected chi connectivity index (χ4v) is 8.84. The second-order valence-electron chi connectivity index (χ2n) is 14.9. The van der Waals surface area contributed by atoms with Gasteiger partial charge in [0.05, 0.1) is 11.0 Å². The molecule has 2 heterocycles. The summed E-state index contributed by atoms with van der Waals surface area (Å²) in [5, 5.41) is 6.39. The van der Waals surface area contributed by atoms with E-state index < -0.39 is 0 Å². The highest BCUT2D eigenvalue weighted by Crippen LogP contribution is 2.45. The second-order valence-corrected chi connectivity index (χ2v) is 14.9. The minimum atomic E-state index is 1.10. The minimum Gasteiger partial charge on any atom is -0.315 e. The molecule has 0 unspecified atom stereocenters. The van der Waals surface area contributed by atoms with E-state index in [0.717, 1.165) is 17.1 Å². The van der Waals surface area contributed by atoms with Crippen molar-refractivity contribution in [1.29, 1.82) is 0 Å². The fraction of sp³-hybridized carbons (Fsp3) is 0. The smallest absolute Gasteiger partial charge is 0.0620 e. The molecule has 9 aromatic carbocycles. The van der Waals surface area contributed by atoms with Gasteiger partial charge in [-0.15, -0.1) is 0 Å². The molecule has 0 saturated carbocycles. The van der Waals surface area contributed by atoms with E-state index >= 15 is 0 Å². The monoisotopic (exact) mass is 738 g/mol. The highest BCUT2D eigenvalue weighted by atomic mass is 15.1. The first kappa shape index (κ1) is 33.6. The summed E-state index contributed by atoms with van der Waals surface area (Å²) in [5.74, 6) is 0. The molecular formula is C56H38N2. The summed E-state index contributed by atoms with van der Waals surface area (Å²) >= 11 is 0. The highest BCUT2D eigenvalue weighted by Gasteiger charge is 2.21. The Morgan fingerprint density at radius 3 is 1.17 bits per heavy atom. The Hall–Kier alpha value is -7.68. The average Bonchev–Trinajstić information content (AvgIpc) is 3.66. The summed E-state index contributed by atoms with van der Waals surface area (Å²) in [4.78, 5) is 2.35. The van der Waals surface area contributed by atoms with Crippen LogP contribution in [0.25, 0.3) is 82.5 Å². The number of hydrogen-bond acceptors (Lipinski definition) is 1. The van der Waals surface area contributed by atoms with Gasteiger partial charge in [0.1, 0.15) is 0 Å². The summed E-state index contributed by atoms with van der Waals surface area (Å²) in [5.41, 5.74) is 15.4. The maximum atomic E-state index is 2.41. The molecule has 0 bridgehead atoms. The summed E-state index contributed by atoms with van der Waals surface area (Å²) in [7, 11) is 0. The molecule has 0 saturated heterocycles. The van der Waals surface area contributed by atoms with Gasteiger partial charge in [0.25, 0.3) is 0 Å². The number of benzene rings is 9. The lowest BCUT2D eigenvalue weighted by atomic mass is 9.94. The van der Waals surface area contributed by atoms with Crippen LogP contribution in [0.4, 0.5) is 17.1 Å². The normalized spacial score (nSPS) is 11.4. The van der Waals surface area contributed by atoms with Crippen LogP contribution in [0.15, 0.2) is 231 Å². The van der Waals surface area contributed by atoms with E-state index in [1.54, 1.807) is 0 Å². The number of nitrogens with zero attached hydrogens (tertiary/aromatic N) is 2. The number of hydrogen-bond donors (Lipinski definition) is 0. The summed E-state index contributed by atoms with van der Waals surface area (Å²) in [6.07, 6.45) is 2.27. The minimum absolute atomic E-state index is 1.10. The van der Waals surface area contributed by atoms with E-state index in [-0.39, 0.29) is 0 Å². The Labute approximate surface area is 338 Å². The van der Waals surface area contributed by atoms with Gasteiger partial charge in [-0.05, 0) is 104 Å². The molecule has 272 valence electrons. The molecule has 11 aromatic rings. The van der Waals surface area contributed by atoms with Gasteiger partial charge in [-0.2, -0.15) is 0 Å². The van der Waals surface area contributed by atoms with Gasteiger partial charge in [-0.25, -0.2) is 0 Å². The molecule has 0 atom stereocenters. The van der Waals surface area contributed by atoms with E-state index in [4.69, 9.17) is 0 Å². The molecule has 0 aliphatic heterocycles. The van der Waals surface area contributed by atoms with E-state index in [1.807, 2.05) is 0 Å². The average molecular weight is 739 g/mol. The lowest BCUT2D eigenvalue weighted by Gasteiger charge is -2.26. The molecule has 0 radical (unpaired) electrons. The van der Waals surface area contributed by atoms with Gasteiger partial charge in [0, 0.05) is 39.6 Å². The van der Waals surface area contributed by atoms with Crippen LogP contribution in [-0.2, 0) is 0 Å². The van der Waals surface area contributed by atoms with Crippen molar-refractivity contribution in [1.82, 2.24) is 4.40 Å². The van der Waals surface area contributed by atoms with E-state index in [9.17, 15) is 0 Å².